The third-order valence-electron chi connectivity index (χ3n) is 10.4. The molecule has 0 spiro atoms. The molecule has 2 aromatic rings. The number of nitrogens with one attached hydrogen (secondary N) is 2. The van der Waals surface area contributed by atoms with Gasteiger partial charge in [-0.05, 0) is 86.0 Å². The molecule has 8 heteroatoms. The van der Waals surface area contributed by atoms with Gasteiger partial charge in [-0.3, -0.25) is 9.59 Å². The monoisotopic (exact) mass is 512 g/mol. The first-order valence-electron chi connectivity index (χ1n) is 13.2. The van der Waals surface area contributed by atoms with Gasteiger partial charge in [0.15, 0.2) is 5.83 Å². The Balaban J connectivity index is 1.18. The highest BCUT2D eigenvalue weighted by atomic mass is 35.5. The number of H-pyrrole nitrogens is 1. The number of imidazole rings is 1. The van der Waals surface area contributed by atoms with Crippen molar-refractivity contribution < 1.29 is 14.0 Å². The fourth-order valence-electron chi connectivity index (χ4n) is 8.67. The Hall–Kier alpha value is -2.41. The van der Waals surface area contributed by atoms with Crippen LogP contribution < -0.4 is 5.32 Å². The maximum atomic E-state index is 14.6. The van der Waals surface area contributed by atoms with Gasteiger partial charge in [0.2, 0.25) is 5.91 Å². The summed E-state index contributed by atoms with van der Waals surface area (Å²) in [4.78, 5) is 35.2. The Kier molecular flexibility index (Phi) is 5.52. The molecule has 36 heavy (non-hydrogen) atoms. The fourth-order valence-corrected chi connectivity index (χ4v) is 8.84. The van der Waals surface area contributed by atoms with E-state index in [2.05, 4.69) is 29.1 Å². The van der Waals surface area contributed by atoms with Crippen LogP contribution in [0, 0.1) is 34.5 Å². The standard InChI is InChI=1S/C28H34ClFN4O2/c1-27-11-10-18-16(5-9-23-28(18,2)13-20(30)26(36)34(23)3)17(27)6-7-19(27)25(35)31-14-24-32-21-8-4-15(29)12-22(21)33-24/h4,8,12-13,16-19,23H,5-7,9-11,14H2,1-3H3,(H,31,35)(H,32,33)/t16?,17-,18?,19+,23+,27-,28+/m0/s1. The number of carbonyl (C=O) groups is 2. The zero-order chi connectivity index (χ0) is 25.4. The highest BCUT2D eigenvalue weighted by molar-refractivity contribution is 6.31. The number of aromatic amines is 1. The van der Waals surface area contributed by atoms with Crippen LogP contribution in [0.15, 0.2) is 30.1 Å². The van der Waals surface area contributed by atoms with Crippen molar-refractivity contribution in [2.24, 2.45) is 34.5 Å². The molecular formula is C28H34ClFN4O2. The largest absolute Gasteiger partial charge is 0.349 e. The number of nitrogens with zero attached hydrogens (tertiary/aromatic N) is 2. The van der Waals surface area contributed by atoms with Crippen molar-refractivity contribution in [3.05, 3.63) is 40.9 Å². The molecule has 2 heterocycles. The summed E-state index contributed by atoms with van der Waals surface area (Å²) in [6.07, 6.45) is 7.39. The van der Waals surface area contributed by atoms with Crippen molar-refractivity contribution in [3.8, 4) is 0 Å². The van der Waals surface area contributed by atoms with Gasteiger partial charge in [-0.1, -0.05) is 25.4 Å². The van der Waals surface area contributed by atoms with Crippen molar-refractivity contribution in [1.29, 1.82) is 0 Å². The summed E-state index contributed by atoms with van der Waals surface area (Å²) in [5, 5.41) is 3.80. The zero-order valence-electron chi connectivity index (χ0n) is 21.1. The van der Waals surface area contributed by atoms with Gasteiger partial charge in [0, 0.05) is 29.4 Å². The van der Waals surface area contributed by atoms with Gasteiger partial charge in [-0.25, -0.2) is 9.37 Å². The molecule has 3 aliphatic carbocycles. The van der Waals surface area contributed by atoms with E-state index in [-0.39, 0.29) is 28.7 Å². The van der Waals surface area contributed by atoms with Gasteiger partial charge in [0.25, 0.3) is 5.91 Å². The molecule has 2 amide bonds. The number of fused-ring (bicyclic) bond motifs is 6. The van der Waals surface area contributed by atoms with Crippen LogP contribution in [0.3, 0.4) is 0 Å². The van der Waals surface area contributed by atoms with E-state index in [0.717, 1.165) is 55.4 Å². The Labute approximate surface area is 216 Å². The van der Waals surface area contributed by atoms with Gasteiger partial charge in [-0.2, -0.15) is 0 Å². The van der Waals surface area contributed by atoms with Crippen LogP contribution in [0.2, 0.25) is 5.02 Å². The lowest BCUT2D eigenvalue weighted by atomic mass is 9.47. The predicted octanol–water partition coefficient (Wildman–Crippen LogP) is 5.39. The van der Waals surface area contributed by atoms with Crippen molar-refractivity contribution in [2.45, 2.75) is 65.0 Å². The minimum Gasteiger partial charge on any atom is -0.349 e. The van der Waals surface area contributed by atoms with E-state index in [1.54, 1.807) is 18.0 Å². The summed E-state index contributed by atoms with van der Waals surface area (Å²) in [6.45, 7) is 4.81. The molecule has 0 bridgehead atoms. The lowest BCUT2D eigenvalue weighted by Crippen LogP contribution is -2.60. The number of hydrogen-bond acceptors (Lipinski definition) is 3. The predicted molar refractivity (Wildman–Crippen MR) is 137 cm³/mol. The van der Waals surface area contributed by atoms with Crippen LogP contribution in [0.4, 0.5) is 4.39 Å². The highest BCUT2D eigenvalue weighted by Gasteiger charge is 2.62. The average Bonchev–Trinajstić information content (AvgIpc) is 3.40. The smallest absolute Gasteiger partial charge is 0.282 e. The van der Waals surface area contributed by atoms with Crippen LogP contribution in [0.1, 0.15) is 58.2 Å². The summed E-state index contributed by atoms with van der Waals surface area (Å²) in [5.74, 6) is 0.927. The molecule has 6 nitrogen and oxygen atoms in total. The molecule has 2 unspecified atom stereocenters. The quantitative estimate of drug-likeness (QED) is 0.579. The van der Waals surface area contributed by atoms with E-state index in [1.807, 2.05) is 18.2 Å². The molecule has 1 aromatic carbocycles. The first kappa shape index (κ1) is 24.0. The first-order chi connectivity index (χ1) is 17.1. The van der Waals surface area contributed by atoms with Crippen LogP contribution in [0.25, 0.3) is 11.0 Å². The Morgan fingerprint density at radius 3 is 2.83 bits per heavy atom. The number of carbonyl (C=O) groups excluding carboxylic acids is 2. The first-order valence-corrected chi connectivity index (χ1v) is 13.6. The molecule has 1 aromatic heterocycles. The van der Waals surface area contributed by atoms with E-state index in [1.165, 1.54) is 0 Å². The van der Waals surface area contributed by atoms with Crippen molar-refractivity contribution >= 4 is 34.4 Å². The number of amides is 2. The molecule has 0 radical (unpaired) electrons. The average molecular weight is 513 g/mol. The molecule has 3 saturated carbocycles. The SMILES string of the molecule is CN1C(=O)C(F)=C[C@]2(C)C3CC[C@]4(C)[C@@H](C(=O)NCc5nc6ccc(Cl)cc6[nH]5)CC[C@H]4C3CC[C@@H]12. The van der Waals surface area contributed by atoms with E-state index in [9.17, 15) is 14.0 Å². The van der Waals surface area contributed by atoms with Crippen LogP contribution >= 0.6 is 11.6 Å². The summed E-state index contributed by atoms with van der Waals surface area (Å²) >= 11 is 6.08. The van der Waals surface area contributed by atoms with Gasteiger partial charge >= 0.3 is 0 Å². The molecular weight excluding hydrogens is 479 g/mol. The van der Waals surface area contributed by atoms with E-state index in [4.69, 9.17) is 11.6 Å². The number of aromatic nitrogens is 2. The summed E-state index contributed by atoms with van der Waals surface area (Å²) in [5.41, 5.74) is 1.29. The number of benzene rings is 1. The van der Waals surface area contributed by atoms with Crippen molar-refractivity contribution in [2.75, 3.05) is 7.05 Å². The molecule has 0 saturated heterocycles. The fraction of sp³-hybridized carbons (Fsp3) is 0.607. The second-order valence-corrected chi connectivity index (χ2v) is 12.4. The van der Waals surface area contributed by atoms with E-state index >= 15 is 0 Å². The minimum absolute atomic E-state index is 0.0318. The molecule has 192 valence electrons. The Morgan fingerprint density at radius 1 is 1.22 bits per heavy atom. The van der Waals surface area contributed by atoms with E-state index in [0.29, 0.717) is 29.3 Å². The second kappa shape index (κ2) is 8.30. The van der Waals surface area contributed by atoms with Crippen LogP contribution in [0.5, 0.6) is 0 Å². The number of hydrogen-bond donors (Lipinski definition) is 2. The van der Waals surface area contributed by atoms with Crippen molar-refractivity contribution in [3.63, 3.8) is 0 Å². The summed E-state index contributed by atoms with van der Waals surface area (Å²) in [6, 6.07) is 5.57. The van der Waals surface area contributed by atoms with Gasteiger partial charge in [0.05, 0.1) is 17.6 Å². The number of likely N-dealkylation sites (N-methyl/N-ethyl adjacent to an activating group) is 1. The summed E-state index contributed by atoms with van der Waals surface area (Å²) < 4.78 is 14.6. The molecule has 1 aliphatic heterocycles. The normalized spacial score (nSPS) is 37.8. The summed E-state index contributed by atoms with van der Waals surface area (Å²) in [7, 11) is 1.75. The maximum absolute atomic E-state index is 14.6. The zero-order valence-corrected chi connectivity index (χ0v) is 21.9. The third kappa shape index (κ3) is 3.45. The van der Waals surface area contributed by atoms with Gasteiger partial charge in [0.1, 0.15) is 5.82 Å². The molecule has 3 fully saturated rings. The maximum Gasteiger partial charge on any atom is 0.282 e. The Bertz CT molecular complexity index is 1280. The lowest BCUT2D eigenvalue weighted by Gasteiger charge is -2.60. The van der Waals surface area contributed by atoms with Gasteiger partial charge in [-0.15, -0.1) is 0 Å². The highest BCUT2D eigenvalue weighted by Crippen LogP contribution is 2.65. The van der Waals surface area contributed by atoms with E-state index < -0.39 is 11.7 Å². The lowest BCUT2D eigenvalue weighted by molar-refractivity contribution is -0.145. The second-order valence-electron chi connectivity index (χ2n) is 12.0. The van der Waals surface area contributed by atoms with Gasteiger partial charge < -0.3 is 15.2 Å². The molecule has 7 atom stereocenters. The molecule has 2 N–H and O–H groups in total. The van der Waals surface area contributed by atoms with Crippen LogP contribution in [-0.4, -0.2) is 39.8 Å². The number of rotatable bonds is 3. The number of halogens is 2. The minimum atomic E-state index is -0.609. The molecule has 6 rings (SSSR count). The topological polar surface area (TPSA) is 78.1 Å². The third-order valence-corrected chi connectivity index (χ3v) is 10.6. The van der Waals surface area contributed by atoms with Crippen LogP contribution in [-0.2, 0) is 16.1 Å². The Morgan fingerprint density at radius 2 is 2.03 bits per heavy atom. The molecule has 4 aliphatic rings. The van der Waals surface area contributed by atoms with Crippen molar-refractivity contribution in [1.82, 2.24) is 20.2 Å².